The van der Waals surface area contributed by atoms with E-state index in [1.54, 1.807) is 11.8 Å². The molecule has 3 nitrogen and oxygen atoms in total. The minimum absolute atomic E-state index is 0.269. The van der Waals surface area contributed by atoms with Gasteiger partial charge in [-0.3, -0.25) is 0 Å². The number of fused-ring (bicyclic) bond motifs is 1. The van der Waals surface area contributed by atoms with Crippen LogP contribution in [0.3, 0.4) is 0 Å². The molecule has 1 aliphatic rings. The molecule has 1 atom stereocenters. The molecule has 2 aromatic carbocycles. The molecule has 20 heavy (non-hydrogen) atoms. The van der Waals surface area contributed by atoms with Crippen molar-refractivity contribution < 1.29 is 0 Å². The van der Waals surface area contributed by atoms with E-state index in [0.29, 0.717) is 0 Å². The number of rotatable bonds is 1. The highest BCUT2D eigenvalue weighted by Crippen LogP contribution is 2.45. The van der Waals surface area contributed by atoms with Gasteiger partial charge in [-0.15, -0.1) is 11.8 Å². The van der Waals surface area contributed by atoms with Gasteiger partial charge in [-0.05, 0) is 23.8 Å². The van der Waals surface area contributed by atoms with E-state index in [1.165, 1.54) is 5.56 Å². The Bertz CT molecular complexity index is 643. The molecule has 0 radical (unpaired) electrons. The van der Waals surface area contributed by atoms with Gasteiger partial charge in [0.2, 0.25) is 0 Å². The standard InChI is InChI=1S/C15H14ClN3S/c16-11-6-7-12-14(8-11)20-13(9-15(18-12)19-17)10-4-2-1-3-5-10/h1-8,13H,9,17H2,(H,18,19). The molecule has 5 heteroatoms. The van der Waals surface area contributed by atoms with Crippen molar-refractivity contribution in [3.8, 4) is 0 Å². The number of aliphatic imine (C=N–C) groups is 1. The molecule has 0 fully saturated rings. The van der Waals surface area contributed by atoms with Gasteiger partial charge in [-0.2, -0.15) is 0 Å². The summed E-state index contributed by atoms with van der Waals surface area (Å²) in [5.41, 5.74) is 4.87. The number of hydrazine groups is 1. The van der Waals surface area contributed by atoms with Crippen LogP contribution in [0.1, 0.15) is 17.2 Å². The van der Waals surface area contributed by atoms with Crippen LogP contribution in [0, 0.1) is 0 Å². The highest BCUT2D eigenvalue weighted by molar-refractivity contribution is 7.99. The maximum Gasteiger partial charge on any atom is 0.118 e. The fourth-order valence-electron chi connectivity index (χ4n) is 2.18. The summed E-state index contributed by atoms with van der Waals surface area (Å²) in [6, 6.07) is 16.1. The summed E-state index contributed by atoms with van der Waals surface area (Å²) in [5.74, 6) is 6.37. The number of halogens is 1. The fraction of sp³-hybridized carbons (Fsp3) is 0.133. The van der Waals surface area contributed by atoms with Gasteiger partial charge in [0, 0.05) is 21.6 Å². The molecular weight excluding hydrogens is 290 g/mol. The summed E-state index contributed by atoms with van der Waals surface area (Å²) in [6.07, 6.45) is 0.761. The van der Waals surface area contributed by atoms with Crippen molar-refractivity contribution in [2.45, 2.75) is 16.6 Å². The SMILES string of the molecule is NNC1=Nc2ccc(Cl)cc2SC(c2ccccc2)C1. The predicted octanol–water partition coefficient (Wildman–Crippen LogP) is 4.07. The Balaban J connectivity index is 2.03. The Kier molecular flexibility index (Phi) is 3.96. The van der Waals surface area contributed by atoms with E-state index in [4.69, 9.17) is 17.4 Å². The van der Waals surface area contributed by atoms with Crippen LogP contribution < -0.4 is 11.3 Å². The van der Waals surface area contributed by atoms with Crippen molar-refractivity contribution in [2.24, 2.45) is 10.8 Å². The van der Waals surface area contributed by atoms with Crippen LogP contribution in [0.15, 0.2) is 58.4 Å². The molecule has 0 amide bonds. The molecule has 0 aromatic heterocycles. The smallest absolute Gasteiger partial charge is 0.118 e. The highest BCUT2D eigenvalue weighted by atomic mass is 35.5. The Morgan fingerprint density at radius 2 is 2.00 bits per heavy atom. The second kappa shape index (κ2) is 5.87. The van der Waals surface area contributed by atoms with Gasteiger partial charge in [0.1, 0.15) is 5.84 Å². The molecule has 0 saturated carbocycles. The van der Waals surface area contributed by atoms with Crippen LogP contribution in [0.4, 0.5) is 5.69 Å². The Morgan fingerprint density at radius 3 is 2.75 bits per heavy atom. The van der Waals surface area contributed by atoms with Crippen molar-refractivity contribution in [2.75, 3.05) is 0 Å². The zero-order valence-corrected chi connectivity index (χ0v) is 12.3. The molecule has 2 aromatic rings. The lowest BCUT2D eigenvalue weighted by Gasteiger charge is -2.15. The zero-order chi connectivity index (χ0) is 13.9. The first-order valence-electron chi connectivity index (χ1n) is 6.31. The van der Waals surface area contributed by atoms with Crippen molar-refractivity contribution in [1.82, 2.24) is 5.43 Å². The third-order valence-corrected chi connectivity index (χ3v) is 4.70. The highest BCUT2D eigenvalue weighted by Gasteiger charge is 2.21. The van der Waals surface area contributed by atoms with Crippen LogP contribution in [-0.4, -0.2) is 5.84 Å². The maximum absolute atomic E-state index is 6.09. The third-order valence-electron chi connectivity index (χ3n) is 3.16. The largest absolute Gasteiger partial charge is 0.312 e. The quantitative estimate of drug-likeness (QED) is 0.617. The normalized spacial score (nSPS) is 17.9. The number of nitrogens with one attached hydrogen (secondary N) is 1. The van der Waals surface area contributed by atoms with Crippen LogP contribution >= 0.6 is 23.4 Å². The number of amidine groups is 1. The zero-order valence-electron chi connectivity index (χ0n) is 10.7. The first-order chi connectivity index (χ1) is 9.76. The van der Waals surface area contributed by atoms with Crippen LogP contribution in [-0.2, 0) is 0 Å². The van der Waals surface area contributed by atoms with Crippen molar-refractivity contribution >= 4 is 34.9 Å². The molecule has 3 rings (SSSR count). The summed E-state index contributed by atoms with van der Waals surface area (Å²) >= 11 is 7.86. The molecule has 0 aliphatic carbocycles. The number of nitrogens with zero attached hydrogens (tertiary/aromatic N) is 1. The van der Waals surface area contributed by atoms with E-state index < -0.39 is 0 Å². The summed E-state index contributed by atoms with van der Waals surface area (Å²) in [4.78, 5) is 5.66. The van der Waals surface area contributed by atoms with Crippen LogP contribution in [0.2, 0.25) is 5.02 Å². The van der Waals surface area contributed by atoms with E-state index in [9.17, 15) is 0 Å². The van der Waals surface area contributed by atoms with Gasteiger partial charge in [0.05, 0.1) is 5.69 Å². The number of hydrogen-bond donors (Lipinski definition) is 2. The fourth-order valence-corrected chi connectivity index (χ4v) is 3.69. The Hall–Kier alpha value is -1.49. The monoisotopic (exact) mass is 303 g/mol. The molecule has 1 aliphatic heterocycles. The summed E-state index contributed by atoms with van der Waals surface area (Å²) in [7, 11) is 0. The van der Waals surface area contributed by atoms with E-state index in [1.807, 2.05) is 36.4 Å². The average molecular weight is 304 g/mol. The van der Waals surface area contributed by atoms with E-state index >= 15 is 0 Å². The van der Waals surface area contributed by atoms with Crippen LogP contribution in [0.25, 0.3) is 0 Å². The summed E-state index contributed by atoms with van der Waals surface area (Å²) in [5, 5.41) is 0.994. The summed E-state index contributed by atoms with van der Waals surface area (Å²) in [6.45, 7) is 0. The minimum atomic E-state index is 0.269. The average Bonchev–Trinajstić information content (AvgIpc) is 2.67. The molecule has 0 bridgehead atoms. The number of hydrogen-bond acceptors (Lipinski definition) is 4. The van der Waals surface area contributed by atoms with Gasteiger partial charge in [-0.25, -0.2) is 10.8 Å². The van der Waals surface area contributed by atoms with Crippen molar-refractivity contribution in [3.05, 3.63) is 59.1 Å². The number of benzene rings is 2. The van der Waals surface area contributed by atoms with Gasteiger partial charge < -0.3 is 5.43 Å². The van der Waals surface area contributed by atoms with Crippen LogP contribution in [0.5, 0.6) is 0 Å². The van der Waals surface area contributed by atoms with Gasteiger partial charge in [0.25, 0.3) is 0 Å². The molecule has 0 spiro atoms. The molecule has 3 N–H and O–H groups in total. The number of nitrogens with two attached hydrogens (primary N) is 1. The lowest BCUT2D eigenvalue weighted by Crippen LogP contribution is -2.30. The van der Waals surface area contributed by atoms with Gasteiger partial charge >= 0.3 is 0 Å². The van der Waals surface area contributed by atoms with Crippen molar-refractivity contribution in [3.63, 3.8) is 0 Å². The summed E-state index contributed by atoms with van der Waals surface area (Å²) < 4.78 is 0. The topological polar surface area (TPSA) is 50.4 Å². The molecule has 102 valence electrons. The molecule has 1 heterocycles. The van der Waals surface area contributed by atoms with E-state index in [-0.39, 0.29) is 5.25 Å². The van der Waals surface area contributed by atoms with Crippen molar-refractivity contribution in [1.29, 1.82) is 0 Å². The van der Waals surface area contributed by atoms with E-state index in [2.05, 4.69) is 22.6 Å². The maximum atomic E-state index is 6.09. The lowest BCUT2D eigenvalue weighted by molar-refractivity contribution is 0.918. The Morgan fingerprint density at radius 1 is 1.20 bits per heavy atom. The second-order valence-electron chi connectivity index (χ2n) is 4.54. The Labute approximate surface area is 127 Å². The minimum Gasteiger partial charge on any atom is -0.312 e. The van der Waals surface area contributed by atoms with Gasteiger partial charge in [0.15, 0.2) is 0 Å². The third kappa shape index (κ3) is 2.82. The second-order valence-corrected chi connectivity index (χ2v) is 6.22. The lowest BCUT2D eigenvalue weighted by atomic mass is 10.1. The molecule has 1 unspecified atom stereocenters. The molecule has 0 saturated heterocycles. The van der Waals surface area contributed by atoms with E-state index in [0.717, 1.165) is 27.9 Å². The number of thioether (sulfide) groups is 1. The predicted molar refractivity (Wildman–Crippen MR) is 85.5 cm³/mol. The first kappa shape index (κ1) is 13.5. The molecular formula is C15H14ClN3S. The van der Waals surface area contributed by atoms with Gasteiger partial charge in [-0.1, -0.05) is 41.9 Å². The first-order valence-corrected chi connectivity index (χ1v) is 7.57.